The molecule has 1 heterocycles. The Hall–Kier alpha value is -2.71. The standard InChI is InChI=1S/C23H27F3N4O/c24-23(25,26)19-10-8-18(9-11-19)22(27)20(30-14-4-7-21(30)31)15-29-16-28-13-12-17-5-2-1-3-6-17/h1-3,5-6,8-11,20,27-29H,4,7,12-16H2. The Morgan fingerprint density at radius 2 is 1.77 bits per heavy atom. The summed E-state index contributed by atoms with van der Waals surface area (Å²) in [5.41, 5.74) is 1.01. The van der Waals surface area contributed by atoms with Gasteiger partial charge in [0.15, 0.2) is 0 Å². The quantitative estimate of drug-likeness (QED) is 0.306. The van der Waals surface area contributed by atoms with Crippen molar-refractivity contribution in [2.75, 3.05) is 26.3 Å². The predicted molar refractivity (Wildman–Crippen MR) is 114 cm³/mol. The lowest BCUT2D eigenvalue weighted by Gasteiger charge is -2.29. The second-order valence-electron chi connectivity index (χ2n) is 7.56. The molecule has 0 aromatic heterocycles. The van der Waals surface area contributed by atoms with Gasteiger partial charge in [-0.25, -0.2) is 0 Å². The van der Waals surface area contributed by atoms with E-state index in [4.69, 9.17) is 5.41 Å². The zero-order valence-electron chi connectivity index (χ0n) is 17.2. The lowest BCUT2D eigenvalue weighted by atomic mass is 10.0. The summed E-state index contributed by atoms with van der Waals surface area (Å²) in [6, 6.07) is 14.1. The third kappa shape index (κ3) is 6.38. The van der Waals surface area contributed by atoms with E-state index in [0.29, 0.717) is 31.7 Å². The minimum absolute atomic E-state index is 0.0273. The van der Waals surface area contributed by atoms with Crippen molar-refractivity contribution in [2.24, 2.45) is 0 Å². The molecule has 166 valence electrons. The van der Waals surface area contributed by atoms with Crippen LogP contribution in [0, 0.1) is 5.41 Å². The van der Waals surface area contributed by atoms with Crippen molar-refractivity contribution >= 4 is 11.6 Å². The van der Waals surface area contributed by atoms with E-state index in [0.717, 1.165) is 31.5 Å². The monoisotopic (exact) mass is 432 g/mol. The molecule has 3 N–H and O–H groups in total. The molecule has 3 rings (SSSR count). The molecule has 1 fully saturated rings. The molecular weight excluding hydrogens is 405 g/mol. The smallest absolute Gasteiger partial charge is 0.333 e. The molecule has 1 amide bonds. The zero-order chi connectivity index (χ0) is 22.3. The summed E-state index contributed by atoms with van der Waals surface area (Å²) in [5.74, 6) is -0.0273. The van der Waals surface area contributed by atoms with Crippen LogP contribution in [0.1, 0.15) is 29.5 Å². The predicted octanol–water partition coefficient (Wildman–Crippen LogP) is 3.44. The highest BCUT2D eigenvalue weighted by molar-refractivity contribution is 6.04. The SMILES string of the molecule is N=C(c1ccc(C(F)(F)F)cc1)C(CNCNCCc1ccccc1)N1CCCC1=O. The summed E-state index contributed by atoms with van der Waals surface area (Å²) in [6.07, 6.45) is -2.37. The molecular formula is C23H27F3N4O. The minimum Gasteiger partial charge on any atom is -0.333 e. The molecule has 8 heteroatoms. The molecule has 0 saturated carbocycles. The van der Waals surface area contributed by atoms with Gasteiger partial charge < -0.3 is 20.9 Å². The summed E-state index contributed by atoms with van der Waals surface area (Å²) < 4.78 is 38.5. The van der Waals surface area contributed by atoms with Crippen LogP contribution in [0.2, 0.25) is 0 Å². The number of nitrogens with zero attached hydrogens (tertiary/aromatic N) is 1. The molecule has 0 spiro atoms. The van der Waals surface area contributed by atoms with Crippen LogP contribution in [0.4, 0.5) is 13.2 Å². The van der Waals surface area contributed by atoms with Crippen LogP contribution in [-0.4, -0.2) is 48.9 Å². The van der Waals surface area contributed by atoms with E-state index >= 15 is 0 Å². The molecule has 1 aliphatic rings. The Labute approximate surface area is 180 Å². The number of hydrogen-bond acceptors (Lipinski definition) is 4. The van der Waals surface area contributed by atoms with Gasteiger partial charge in [-0.2, -0.15) is 13.2 Å². The molecule has 0 bridgehead atoms. The number of rotatable bonds is 10. The minimum atomic E-state index is -4.42. The topological polar surface area (TPSA) is 68.2 Å². The maximum absolute atomic E-state index is 12.8. The molecule has 5 nitrogen and oxygen atoms in total. The van der Waals surface area contributed by atoms with Gasteiger partial charge in [0.2, 0.25) is 5.91 Å². The van der Waals surface area contributed by atoms with E-state index in [1.807, 2.05) is 18.2 Å². The van der Waals surface area contributed by atoms with Gasteiger partial charge in [0.05, 0.1) is 17.3 Å². The van der Waals surface area contributed by atoms with Crippen LogP contribution in [0.5, 0.6) is 0 Å². The Bertz CT molecular complexity index is 869. The fourth-order valence-corrected chi connectivity index (χ4v) is 3.66. The van der Waals surface area contributed by atoms with Gasteiger partial charge in [-0.3, -0.25) is 4.79 Å². The Kier molecular flexibility index (Phi) is 7.81. The third-order valence-corrected chi connectivity index (χ3v) is 5.36. The van der Waals surface area contributed by atoms with Crippen molar-refractivity contribution in [3.05, 3.63) is 71.3 Å². The van der Waals surface area contributed by atoms with Crippen LogP contribution in [0.15, 0.2) is 54.6 Å². The second kappa shape index (κ2) is 10.5. The van der Waals surface area contributed by atoms with Crippen LogP contribution in [0.3, 0.4) is 0 Å². The first-order valence-corrected chi connectivity index (χ1v) is 10.4. The largest absolute Gasteiger partial charge is 0.416 e. The molecule has 1 aliphatic heterocycles. The van der Waals surface area contributed by atoms with Gasteiger partial charge >= 0.3 is 6.18 Å². The van der Waals surface area contributed by atoms with Crippen molar-refractivity contribution in [2.45, 2.75) is 31.5 Å². The first-order chi connectivity index (χ1) is 14.9. The number of halogens is 3. The van der Waals surface area contributed by atoms with E-state index in [9.17, 15) is 18.0 Å². The number of nitrogens with one attached hydrogen (secondary N) is 3. The van der Waals surface area contributed by atoms with E-state index in [1.54, 1.807) is 4.90 Å². The number of amides is 1. The first-order valence-electron chi connectivity index (χ1n) is 10.4. The van der Waals surface area contributed by atoms with Gasteiger partial charge in [0.1, 0.15) is 0 Å². The van der Waals surface area contributed by atoms with Crippen molar-refractivity contribution < 1.29 is 18.0 Å². The Balaban J connectivity index is 1.56. The van der Waals surface area contributed by atoms with Gasteiger partial charge in [-0.15, -0.1) is 0 Å². The normalized spacial score (nSPS) is 15.3. The molecule has 2 aromatic rings. The van der Waals surface area contributed by atoms with E-state index < -0.39 is 17.8 Å². The van der Waals surface area contributed by atoms with E-state index in [1.165, 1.54) is 17.7 Å². The Morgan fingerprint density at radius 3 is 2.39 bits per heavy atom. The van der Waals surface area contributed by atoms with Gasteiger partial charge in [0, 0.05) is 32.7 Å². The average molecular weight is 432 g/mol. The summed E-state index contributed by atoms with van der Waals surface area (Å²) in [4.78, 5) is 13.9. The average Bonchev–Trinajstić information content (AvgIpc) is 3.18. The fraction of sp³-hybridized carbons (Fsp3) is 0.391. The fourth-order valence-electron chi connectivity index (χ4n) is 3.66. The number of benzene rings is 2. The maximum Gasteiger partial charge on any atom is 0.416 e. The van der Waals surface area contributed by atoms with Crippen LogP contribution >= 0.6 is 0 Å². The van der Waals surface area contributed by atoms with E-state index in [-0.39, 0.29) is 11.6 Å². The molecule has 31 heavy (non-hydrogen) atoms. The second-order valence-corrected chi connectivity index (χ2v) is 7.56. The zero-order valence-corrected chi connectivity index (χ0v) is 17.2. The molecule has 1 unspecified atom stereocenters. The van der Waals surface area contributed by atoms with Crippen molar-refractivity contribution in [3.63, 3.8) is 0 Å². The van der Waals surface area contributed by atoms with Gasteiger partial charge in [-0.05, 0) is 36.1 Å². The highest BCUT2D eigenvalue weighted by Gasteiger charge is 2.33. The lowest BCUT2D eigenvalue weighted by Crippen LogP contribution is -2.49. The van der Waals surface area contributed by atoms with Crippen molar-refractivity contribution in [3.8, 4) is 0 Å². The third-order valence-electron chi connectivity index (χ3n) is 5.36. The summed E-state index contributed by atoms with van der Waals surface area (Å²) in [5, 5.41) is 15.1. The molecule has 0 radical (unpaired) electrons. The number of likely N-dealkylation sites (tertiary alicyclic amines) is 1. The summed E-state index contributed by atoms with van der Waals surface area (Å²) in [6.45, 7) is 2.19. The number of carbonyl (C=O) groups excluding carboxylic acids is 1. The lowest BCUT2D eigenvalue weighted by molar-refractivity contribution is -0.137. The van der Waals surface area contributed by atoms with E-state index in [2.05, 4.69) is 22.8 Å². The van der Waals surface area contributed by atoms with Crippen molar-refractivity contribution in [1.82, 2.24) is 15.5 Å². The van der Waals surface area contributed by atoms with Gasteiger partial charge in [0.25, 0.3) is 0 Å². The molecule has 2 aromatic carbocycles. The molecule has 0 aliphatic carbocycles. The highest BCUT2D eigenvalue weighted by Crippen LogP contribution is 2.29. The Morgan fingerprint density at radius 1 is 1.06 bits per heavy atom. The molecule has 1 atom stereocenters. The van der Waals surface area contributed by atoms with Crippen LogP contribution in [-0.2, 0) is 17.4 Å². The maximum atomic E-state index is 12.8. The summed E-state index contributed by atoms with van der Waals surface area (Å²) in [7, 11) is 0. The number of alkyl halides is 3. The van der Waals surface area contributed by atoms with Crippen LogP contribution in [0.25, 0.3) is 0 Å². The highest BCUT2D eigenvalue weighted by atomic mass is 19.4. The van der Waals surface area contributed by atoms with Crippen molar-refractivity contribution in [1.29, 1.82) is 5.41 Å². The number of carbonyl (C=O) groups is 1. The van der Waals surface area contributed by atoms with Crippen LogP contribution < -0.4 is 10.6 Å². The molecule has 1 saturated heterocycles. The number of hydrogen-bond donors (Lipinski definition) is 3. The first kappa shape index (κ1) is 23.0. The summed E-state index contributed by atoms with van der Waals surface area (Å²) >= 11 is 0. The van der Waals surface area contributed by atoms with Gasteiger partial charge in [-0.1, -0.05) is 42.5 Å².